The molecule has 2 aromatic rings. The predicted octanol–water partition coefficient (Wildman–Crippen LogP) is 3.61. The number of anilines is 1. The number of nitrogens with one attached hydrogen (secondary N) is 2. The second kappa shape index (κ2) is 6.59. The summed E-state index contributed by atoms with van der Waals surface area (Å²) < 4.78 is 0. The zero-order valence-corrected chi connectivity index (χ0v) is 12.5. The second-order valence-corrected chi connectivity index (χ2v) is 5.66. The molecule has 0 saturated carbocycles. The van der Waals surface area contributed by atoms with Gasteiger partial charge in [-0.2, -0.15) is 0 Å². The van der Waals surface area contributed by atoms with Crippen LogP contribution in [0.2, 0.25) is 0 Å². The Balaban J connectivity index is 1.70. The van der Waals surface area contributed by atoms with Gasteiger partial charge in [0.15, 0.2) is 0 Å². The molecule has 1 heterocycles. The molecule has 0 aromatic heterocycles. The zero-order chi connectivity index (χ0) is 14.5. The maximum Gasteiger partial charge on any atom is 0.0378 e. The molecule has 0 spiro atoms. The number of hydrogen-bond donors (Lipinski definition) is 2. The van der Waals surface area contributed by atoms with Crippen molar-refractivity contribution in [2.24, 2.45) is 0 Å². The molecule has 1 fully saturated rings. The van der Waals surface area contributed by atoms with Crippen LogP contribution in [0.5, 0.6) is 0 Å². The van der Waals surface area contributed by atoms with E-state index in [1.807, 2.05) is 0 Å². The molecule has 0 unspecified atom stereocenters. The fraction of sp³-hybridized carbons (Fsp3) is 0.263. The van der Waals surface area contributed by atoms with Gasteiger partial charge in [0.1, 0.15) is 0 Å². The highest BCUT2D eigenvalue weighted by molar-refractivity contribution is 5.53. The molecule has 3 rings (SSSR count). The molecule has 0 bridgehead atoms. The van der Waals surface area contributed by atoms with Gasteiger partial charge in [0.25, 0.3) is 0 Å². The van der Waals surface area contributed by atoms with E-state index in [9.17, 15) is 0 Å². The molecule has 2 nitrogen and oxygen atoms in total. The van der Waals surface area contributed by atoms with E-state index in [1.165, 1.54) is 22.4 Å². The molecule has 2 aromatic carbocycles. The van der Waals surface area contributed by atoms with Crippen LogP contribution >= 0.6 is 0 Å². The third-order valence-electron chi connectivity index (χ3n) is 4.08. The predicted molar refractivity (Wildman–Crippen MR) is 89.7 cm³/mol. The molecule has 0 radical (unpaired) electrons. The summed E-state index contributed by atoms with van der Waals surface area (Å²) in [6, 6.07) is 19.2. The smallest absolute Gasteiger partial charge is 0.0378 e. The molecule has 21 heavy (non-hydrogen) atoms. The van der Waals surface area contributed by atoms with E-state index in [1.54, 1.807) is 5.57 Å². The Hall–Kier alpha value is -2.06. The maximum atomic E-state index is 3.60. The average Bonchev–Trinajstić information content (AvgIpc) is 2.46. The molecule has 1 saturated heterocycles. The van der Waals surface area contributed by atoms with E-state index in [0.29, 0.717) is 0 Å². The van der Waals surface area contributed by atoms with E-state index in [0.717, 1.165) is 26.1 Å². The minimum atomic E-state index is 0.933. The van der Waals surface area contributed by atoms with Crippen molar-refractivity contribution in [3.63, 3.8) is 0 Å². The van der Waals surface area contributed by atoms with Crippen LogP contribution < -0.4 is 10.6 Å². The molecule has 0 aliphatic carbocycles. The van der Waals surface area contributed by atoms with Crippen molar-refractivity contribution >= 4 is 5.69 Å². The van der Waals surface area contributed by atoms with Gasteiger partial charge in [0, 0.05) is 25.3 Å². The summed E-state index contributed by atoms with van der Waals surface area (Å²) in [6.07, 6.45) is 0.973. The number of hydrogen-bond acceptors (Lipinski definition) is 2. The van der Waals surface area contributed by atoms with Crippen molar-refractivity contribution in [1.82, 2.24) is 5.32 Å². The fourth-order valence-electron chi connectivity index (χ4n) is 2.57. The van der Waals surface area contributed by atoms with Crippen molar-refractivity contribution in [3.8, 4) is 0 Å². The summed E-state index contributed by atoms with van der Waals surface area (Å²) in [5.41, 5.74) is 6.96. The van der Waals surface area contributed by atoms with E-state index in [2.05, 4.69) is 72.2 Å². The molecular formula is C19H22N2. The molecule has 0 atom stereocenters. The van der Waals surface area contributed by atoms with Crippen LogP contribution in [0, 0.1) is 0 Å². The van der Waals surface area contributed by atoms with Crippen molar-refractivity contribution in [1.29, 1.82) is 0 Å². The van der Waals surface area contributed by atoms with Gasteiger partial charge in [-0.15, -0.1) is 0 Å². The molecule has 2 heteroatoms. The molecule has 2 N–H and O–H groups in total. The lowest BCUT2D eigenvalue weighted by molar-refractivity contribution is 0.656. The van der Waals surface area contributed by atoms with Gasteiger partial charge in [0.2, 0.25) is 0 Å². The van der Waals surface area contributed by atoms with Crippen LogP contribution in [0.1, 0.15) is 18.1 Å². The monoisotopic (exact) mass is 278 g/mol. The summed E-state index contributed by atoms with van der Waals surface area (Å²) in [4.78, 5) is 0. The number of benzene rings is 2. The first kappa shape index (κ1) is 13.9. The highest BCUT2D eigenvalue weighted by atomic mass is 14.9. The minimum Gasteiger partial charge on any atom is -0.381 e. The first-order valence-corrected chi connectivity index (χ1v) is 7.57. The lowest BCUT2D eigenvalue weighted by atomic mass is 10.0. The van der Waals surface area contributed by atoms with Gasteiger partial charge in [0.05, 0.1) is 0 Å². The lowest BCUT2D eigenvalue weighted by Crippen LogP contribution is -2.35. The van der Waals surface area contributed by atoms with Crippen molar-refractivity contribution in [3.05, 3.63) is 76.9 Å². The first-order valence-electron chi connectivity index (χ1n) is 7.57. The Morgan fingerprint density at radius 1 is 1.00 bits per heavy atom. The van der Waals surface area contributed by atoms with E-state index >= 15 is 0 Å². The summed E-state index contributed by atoms with van der Waals surface area (Å²) in [6.45, 7) is 5.27. The van der Waals surface area contributed by atoms with Crippen LogP contribution in [0.15, 0.2) is 65.7 Å². The standard InChI is InChI=1S/C19H22N2/c1-15(18-13-20-14-18)12-21-19-10-6-5-9-17(19)11-16-7-3-2-4-8-16/h2-10,20-21H,11-14H2,1H3. The van der Waals surface area contributed by atoms with Crippen LogP contribution in [-0.2, 0) is 6.42 Å². The Labute approximate surface area is 126 Å². The molecule has 0 amide bonds. The van der Waals surface area contributed by atoms with Gasteiger partial charge in [-0.3, -0.25) is 0 Å². The molecule has 108 valence electrons. The highest BCUT2D eigenvalue weighted by Gasteiger charge is 2.10. The zero-order valence-electron chi connectivity index (χ0n) is 12.5. The Morgan fingerprint density at radius 2 is 1.71 bits per heavy atom. The van der Waals surface area contributed by atoms with Crippen LogP contribution in [0.3, 0.4) is 0 Å². The Kier molecular flexibility index (Phi) is 4.37. The van der Waals surface area contributed by atoms with E-state index in [4.69, 9.17) is 0 Å². The molecule has 1 aliphatic heterocycles. The number of para-hydroxylation sites is 1. The van der Waals surface area contributed by atoms with Gasteiger partial charge in [-0.05, 0) is 36.1 Å². The van der Waals surface area contributed by atoms with Crippen molar-refractivity contribution in [2.75, 3.05) is 25.0 Å². The SMILES string of the molecule is CC(CNc1ccccc1Cc1ccccc1)=C1CNC1. The normalized spacial score (nSPS) is 13.7. The number of rotatable bonds is 5. The quantitative estimate of drug-likeness (QED) is 0.816. The summed E-state index contributed by atoms with van der Waals surface area (Å²) in [7, 11) is 0. The average molecular weight is 278 g/mol. The van der Waals surface area contributed by atoms with E-state index < -0.39 is 0 Å². The summed E-state index contributed by atoms with van der Waals surface area (Å²) in [5.74, 6) is 0. The van der Waals surface area contributed by atoms with Crippen LogP contribution in [0.4, 0.5) is 5.69 Å². The van der Waals surface area contributed by atoms with Gasteiger partial charge >= 0.3 is 0 Å². The topological polar surface area (TPSA) is 24.1 Å². The Bertz CT molecular complexity index is 623. The maximum absolute atomic E-state index is 3.60. The third kappa shape index (κ3) is 3.53. The Morgan fingerprint density at radius 3 is 2.43 bits per heavy atom. The largest absolute Gasteiger partial charge is 0.381 e. The second-order valence-electron chi connectivity index (χ2n) is 5.66. The van der Waals surface area contributed by atoms with Crippen molar-refractivity contribution in [2.45, 2.75) is 13.3 Å². The summed E-state index contributed by atoms with van der Waals surface area (Å²) >= 11 is 0. The summed E-state index contributed by atoms with van der Waals surface area (Å²) in [5, 5.41) is 6.90. The fourth-order valence-corrected chi connectivity index (χ4v) is 2.57. The lowest BCUT2D eigenvalue weighted by Gasteiger charge is -2.22. The van der Waals surface area contributed by atoms with Gasteiger partial charge in [-0.25, -0.2) is 0 Å². The van der Waals surface area contributed by atoms with Crippen molar-refractivity contribution < 1.29 is 0 Å². The van der Waals surface area contributed by atoms with E-state index in [-0.39, 0.29) is 0 Å². The van der Waals surface area contributed by atoms with Gasteiger partial charge < -0.3 is 10.6 Å². The molecule has 1 aliphatic rings. The van der Waals surface area contributed by atoms with Gasteiger partial charge in [-0.1, -0.05) is 54.1 Å². The van der Waals surface area contributed by atoms with Crippen LogP contribution in [-0.4, -0.2) is 19.6 Å². The minimum absolute atomic E-state index is 0.933. The van der Waals surface area contributed by atoms with Crippen LogP contribution in [0.25, 0.3) is 0 Å². The molecular weight excluding hydrogens is 256 g/mol. The first-order chi connectivity index (χ1) is 10.3. The highest BCUT2D eigenvalue weighted by Crippen LogP contribution is 2.20. The third-order valence-corrected chi connectivity index (χ3v) is 4.08.